The lowest BCUT2D eigenvalue weighted by molar-refractivity contribution is -0.385. The summed E-state index contributed by atoms with van der Waals surface area (Å²) < 4.78 is 0. The van der Waals surface area contributed by atoms with Gasteiger partial charge in [-0.2, -0.15) is 0 Å². The maximum absolute atomic E-state index is 12.4. The van der Waals surface area contributed by atoms with Crippen molar-refractivity contribution in [3.63, 3.8) is 0 Å². The maximum atomic E-state index is 12.4. The maximum Gasteiger partial charge on any atom is 0.285 e. The van der Waals surface area contributed by atoms with Crippen LogP contribution in [-0.2, 0) is 0 Å². The van der Waals surface area contributed by atoms with Crippen LogP contribution in [0.5, 0.6) is 0 Å². The summed E-state index contributed by atoms with van der Waals surface area (Å²) in [5.74, 6) is -0.466. The molecule has 0 aromatic heterocycles. The van der Waals surface area contributed by atoms with Gasteiger partial charge in [-0.3, -0.25) is 14.9 Å². The van der Waals surface area contributed by atoms with Crippen molar-refractivity contribution in [1.29, 1.82) is 0 Å². The highest BCUT2D eigenvalue weighted by Crippen LogP contribution is 2.35. The van der Waals surface area contributed by atoms with Gasteiger partial charge in [-0.1, -0.05) is 25.0 Å². The molecule has 1 N–H and O–H groups in total. The van der Waals surface area contributed by atoms with Gasteiger partial charge in [0.15, 0.2) is 0 Å². The standard InChI is InChI=1S/C19H20N2O3S/c1-13-5-4-8-17(18(13)21(23)24)19(22)20-14-9-11-16(12-10-14)25-15-6-2-3-7-15/h4-5,8-12,15H,2-3,6-7H2,1H3,(H,20,22). The highest BCUT2D eigenvalue weighted by molar-refractivity contribution is 8.00. The molecule has 1 amide bonds. The molecule has 0 heterocycles. The van der Waals surface area contributed by atoms with Crippen LogP contribution in [0.3, 0.4) is 0 Å². The zero-order valence-electron chi connectivity index (χ0n) is 14.0. The average Bonchev–Trinajstić information content (AvgIpc) is 3.09. The number of aryl methyl sites for hydroxylation is 1. The summed E-state index contributed by atoms with van der Waals surface area (Å²) in [7, 11) is 0. The number of anilines is 1. The zero-order valence-corrected chi connectivity index (χ0v) is 14.8. The van der Waals surface area contributed by atoms with Crippen LogP contribution < -0.4 is 5.32 Å². The monoisotopic (exact) mass is 356 g/mol. The SMILES string of the molecule is Cc1cccc(C(=O)Nc2ccc(SC3CCCC3)cc2)c1[N+](=O)[O-]. The molecule has 1 aliphatic carbocycles. The first-order chi connectivity index (χ1) is 12.0. The molecule has 0 atom stereocenters. The molecular formula is C19H20N2O3S. The number of nitro groups is 1. The molecule has 1 aliphatic rings. The van der Waals surface area contributed by atoms with E-state index in [9.17, 15) is 14.9 Å². The van der Waals surface area contributed by atoms with Crippen molar-refractivity contribution in [3.05, 3.63) is 63.7 Å². The van der Waals surface area contributed by atoms with Crippen LogP contribution in [0.2, 0.25) is 0 Å². The van der Waals surface area contributed by atoms with E-state index in [4.69, 9.17) is 0 Å². The second-order valence-corrected chi connectivity index (χ2v) is 7.60. The lowest BCUT2D eigenvalue weighted by atomic mass is 10.1. The lowest BCUT2D eigenvalue weighted by Gasteiger charge is -2.10. The predicted molar refractivity (Wildman–Crippen MR) is 100 cm³/mol. The Balaban J connectivity index is 1.71. The van der Waals surface area contributed by atoms with Crippen LogP contribution in [0.25, 0.3) is 0 Å². The summed E-state index contributed by atoms with van der Waals surface area (Å²) in [4.78, 5) is 24.3. The van der Waals surface area contributed by atoms with E-state index >= 15 is 0 Å². The molecule has 0 unspecified atom stereocenters. The van der Waals surface area contributed by atoms with E-state index in [2.05, 4.69) is 5.32 Å². The third kappa shape index (κ3) is 4.20. The number of nitrogens with one attached hydrogen (secondary N) is 1. The number of carbonyl (C=O) groups is 1. The van der Waals surface area contributed by atoms with E-state index in [0.29, 0.717) is 16.5 Å². The first-order valence-electron chi connectivity index (χ1n) is 8.36. The van der Waals surface area contributed by atoms with E-state index in [0.717, 1.165) is 0 Å². The molecule has 0 aliphatic heterocycles. The number of benzene rings is 2. The van der Waals surface area contributed by atoms with Crippen molar-refractivity contribution in [2.24, 2.45) is 0 Å². The Kier molecular flexibility index (Phi) is 5.38. The van der Waals surface area contributed by atoms with Gasteiger partial charge in [-0.25, -0.2) is 0 Å². The van der Waals surface area contributed by atoms with Crippen LogP contribution in [-0.4, -0.2) is 16.1 Å². The highest BCUT2D eigenvalue weighted by atomic mass is 32.2. The first-order valence-corrected chi connectivity index (χ1v) is 9.24. The van der Waals surface area contributed by atoms with Crippen LogP contribution >= 0.6 is 11.8 Å². The van der Waals surface area contributed by atoms with E-state index in [1.54, 1.807) is 19.1 Å². The second kappa shape index (κ2) is 7.70. The number of rotatable bonds is 5. The molecule has 130 valence electrons. The molecule has 0 radical (unpaired) electrons. The number of nitrogens with zero attached hydrogens (tertiary/aromatic N) is 1. The van der Waals surface area contributed by atoms with E-state index in [-0.39, 0.29) is 11.3 Å². The molecule has 5 nitrogen and oxygen atoms in total. The normalized spacial score (nSPS) is 14.4. The van der Waals surface area contributed by atoms with Gasteiger partial charge in [0.05, 0.1) is 4.92 Å². The smallest absolute Gasteiger partial charge is 0.285 e. The van der Waals surface area contributed by atoms with Crippen LogP contribution in [0.1, 0.15) is 41.6 Å². The third-order valence-electron chi connectivity index (χ3n) is 4.38. The molecule has 1 fully saturated rings. The average molecular weight is 356 g/mol. The fourth-order valence-corrected chi connectivity index (χ4v) is 4.35. The van der Waals surface area contributed by atoms with Gasteiger partial charge < -0.3 is 5.32 Å². The third-order valence-corrected chi connectivity index (χ3v) is 5.73. The van der Waals surface area contributed by atoms with Gasteiger partial charge in [-0.15, -0.1) is 11.8 Å². The summed E-state index contributed by atoms with van der Waals surface area (Å²) in [6.45, 7) is 1.63. The fourth-order valence-electron chi connectivity index (χ4n) is 3.10. The predicted octanol–water partition coefficient (Wildman–Crippen LogP) is 5.19. The summed E-state index contributed by atoms with van der Waals surface area (Å²) in [5, 5.41) is 14.7. The minimum atomic E-state index is -0.508. The van der Waals surface area contributed by atoms with Crippen molar-refractivity contribution < 1.29 is 9.72 Å². The molecule has 25 heavy (non-hydrogen) atoms. The number of carbonyl (C=O) groups excluding carboxylic acids is 1. The summed E-state index contributed by atoms with van der Waals surface area (Å²) >= 11 is 1.88. The van der Waals surface area contributed by atoms with Gasteiger partial charge in [0.25, 0.3) is 11.6 Å². The number of nitro benzene ring substituents is 1. The minimum absolute atomic E-state index is 0.0782. The molecule has 0 bridgehead atoms. The number of para-hydroxylation sites is 1. The molecular weight excluding hydrogens is 336 g/mol. The van der Waals surface area contributed by atoms with Crippen LogP contribution in [0.4, 0.5) is 11.4 Å². The Hall–Kier alpha value is -2.34. The Bertz CT molecular complexity index is 784. The summed E-state index contributed by atoms with van der Waals surface area (Å²) in [6, 6.07) is 12.4. The number of hydrogen-bond acceptors (Lipinski definition) is 4. The Labute approximate surface area is 151 Å². The van der Waals surface area contributed by atoms with Crippen molar-refractivity contribution in [2.45, 2.75) is 42.8 Å². The molecule has 2 aromatic rings. The Morgan fingerprint density at radius 1 is 1.16 bits per heavy atom. The molecule has 1 saturated carbocycles. The van der Waals surface area contributed by atoms with Gasteiger partial charge in [0.2, 0.25) is 0 Å². The van der Waals surface area contributed by atoms with E-state index in [1.165, 1.54) is 36.6 Å². The van der Waals surface area contributed by atoms with Crippen LogP contribution in [0.15, 0.2) is 47.4 Å². The second-order valence-electron chi connectivity index (χ2n) is 6.23. The van der Waals surface area contributed by atoms with Gasteiger partial charge in [0.1, 0.15) is 5.56 Å². The number of amides is 1. The van der Waals surface area contributed by atoms with Gasteiger partial charge in [-0.05, 0) is 50.1 Å². The quantitative estimate of drug-likeness (QED) is 0.591. The number of thioether (sulfide) groups is 1. The van der Waals surface area contributed by atoms with E-state index in [1.807, 2.05) is 36.0 Å². The van der Waals surface area contributed by atoms with E-state index < -0.39 is 10.8 Å². The minimum Gasteiger partial charge on any atom is -0.322 e. The lowest BCUT2D eigenvalue weighted by Crippen LogP contribution is -2.14. The Morgan fingerprint density at radius 2 is 1.84 bits per heavy atom. The molecule has 6 heteroatoms. The van der Waals surface area contributed by atoms with Crippen molar-refractivity contribution >= 4 is 29.0 Å². The van der Waals surface area contributed by atoms with Gasteiger partial charge in [0, 0.05) is 21.4 Å². The molecule has 2 aromatic carbocycles. The summed E-state index contributed by atoms with van der Waals surface area (Å²) in [6.07, 6.45) is 5.14. The topological polar surface area (TPSA) is 72.2 Å². The van der Waals surface area contributed by atoms with Crippen LogP contribution in [0, 0.1) is 17.0 Å². The highest BCUT2D eigenvalue weighted by Gasteiger charge is 2.22. The Morgan fingerprint density at radius 3 is 2.48 bits per heavy atom. The summed E-state index contributed by atoms with van der Waals surface area (Å²) in [5.41, 5.74) is 1.04. The molecule has 0 saturated heterocycles. The van der Waals surface area contributed by atoms with Crippen molar-refractivity contribution in [2.75, 3.05) is 5.32 Å². The largest absolute Gasteiger partial charge is 0.322 e. The van der Waals surface area contributed by atoms with Gasteiger partial charge >= 0.3 is 0 Å². The number of hydrogen-bond donors (Lipinski definition) is 1. The zero-order chi connectivity index (χ0) is 17.8. The molecule has 0 spiro atoms. The first kappa shape index (κ1) is 17.5. The van der Waals surface area contributed by atoms with Crippen molar-refractivity contribution in [1.82, 2.24) is 0 Å². The van der Waals surface area contributed by atoms with Crippen molar-refractivity contribution in [3.8, 4) is 0 Å². The fraction of sp³-hybridized carbons (Fsp3) is 0.316. The molecule has 3 rings (SSSR count).